The van der Waals surface area contributed by atoms with Gasteiger partial charge in [0.1, 0.15) is 12.0 Å². The van der Waals surface area contributed by atoms with Crippen LogP contribution in [0.2, 0.25) is 0 Å². The van der Waals surface area contributed by atoms with Crippen LogP contribution < -0.4 is 5.32 Å². The highest BCUT2D eigenvalue weighted by molar-refractivity contribution is 14.0. The molecule has 1 N–H and O–H groups in total. The second-order valence-corrected chi connectivity index (χ2v) is 6.10. The van der Waals surface area contributed by atoms with E-state index in [0.29, 0.717) is 31.5 Å². The topological polar surface area (TPSA) is 74.0 Å². The maximum Gasteiger partial charge on any atom is 0.242 e. The number of aromatic nitrogens is 1. The molecule has 0 aliphatic heterocycles. The van der Waals surface area contributed by atoms with Gasteiger partial charge in [0.2, 0.25) is 11.8 Å². The zero-order valence-corrected chi connectivity index (χ0v) is 19.3. The van der Waals surface area contributed by atoms with Crippen molar-refractivity contribution in [2.24, 2.45) is 4.99 Å². The summed E-state index contributed by atoms with van der Waals surface area (Å²) in [7, 11) is 1.86. The summed E-state index contributed by atoms with van der Waals surface area (Å²) < 4.78 is 5.55. The second kappa shape index (κ2) is 12.4. The Kier molecular flexibility index (Phi) is 10.6. The molecule has 0 spiro atoms. The lowest BCUT2D eigenvalue weighted by Crippen LogP contribution is -2.45. The molecule has 8 heteroatoms. The van der Waals surface area contributed by atoms with Crippen molar-refractivity contribution in [3.05, 3.63) is 42.3 Å². The number of rotatable bonds is 8. The molecule has 28 heavy (non-hydrogen) atoms. The van der Waals surface area contributed by atoms with Crippen LogP contribution in [0.1, 0.15) is 26.5 Å². The quantitative estimate of drug-likeness (QED) is 0.343. The molecule has 2 aromatic rings. The number of oxazole rings is 1. The number of hydrogen-bond acceptors (Lipinski definition) is 4. The summed E-state index contributed by atoms with van der Waals surface area (Å²) in [4.78, 5) is 25.1. The van der Waals surface area contributed by atoms with Crippen molar-refractivity contribution in [2.75, 3.05) is 33.2 Å². The van der Waals surface area contributed by atoms with Gasteiger partial charge < -0.3 is 19.5 Å². The molecule has 0 aliphatic carbocycles. The van der Waals surface area contributed by atoms with E-state index in [1.807, 2.05) is 68.0 Å². The molecular formula is C20H30IN5O2. The highest BCUT2D eigenvalue weighted by Crippen LogP contribution is 2.18. The molecule has 7 nitrogen and oxygen atoms in total. The first-order chi connectivity index (χ1) is 13.1. The van der Waals surface area contributed by atoms with Crippen molar-refractivity contribution in [1.29, 1.82) is 0 Å². The van der Waals surface area contributed by atoms with E-state index in [0.717, 1.165) is 17.8 Å². The van der Waals surface area contributed by atoms with Gasteiger partial charge in [0.25, 0.3) is 0 Å². The molecule has 0 fully saturated rings. The lowest BCUT2D eigenvalue weighted by molar-refractivity contribution is -0.131. The highest BCUT2D eigenvalue weighted by Gasteiger charge is 2.15. The number of carbonyl (C=O) groups excluding carboxylic acids is 1. The third-order valence-electron chi connectivity index (χ3n) is 4.15. The standard InChI is InChI=1S/C20H29N5O2.HI/c1-5-21-20(24(4)14-18(26)25(6-2)7-3)22-13-17-15-27-19(23-17)16-11-9-8-10-12-16;/h8-12,15H,5-7,13-14H2,1-4H3,(H,21,22);1H. The summed E-state index contributed by atoms with van der Waals surface area (Å²) in [6, 6.07) is 9.76. The van der Waals surface area contributed by atoms with E-state index >= 15 is 0 Å². The summed E-state index contributed by atoms with van der Waals surface area (Å²) in [5.74, 6) is 1.33. The number of carbonyl (C=O) groups is 1. The highest BCUT2D eigenvalue weighted by atomic mass is 127. The van der Waals surface area contributed by atoms with Gasteiger partial charge in [-0.25, -0.2) is 9.98 Å². The van der Waals surface area contributed by atoms with Crippen LogP contribution in [0.3, 0.4) is 0 Å². The van der Waals surface area contributed by atoms with Crippen LogP contribution in [0.4, 0.5) is 0 Å². The molecule has 1 aromatic carbocycles. The average Bonchev–Trinajstić information content (AvgIpc) is 3.15. The number of amides is 1. The minimum atomic E-state index is 0. The van der Waals surface area contributed by atoms with Gasteiger partial charge in [0.15, 0.2) is 5.96 Å². The van der Waals surface area contributed by atoms with E-state index in [2.05, 4.69) is 15.3 Å². The molecule has 0 unspecified atom stereocenters. The Morgan fingerprint density at radius 3 is 2.46 bits per heavy atom. The van der Waals surface area contributed by atoms with Crippen molar-refractivity contribution >= 4 is 35.8 Å². The third-order valence-corrected chi connectivity index (χ3v) is 4.15. The lowest BCUT2D eigenvalue weighted by Gasteiger charge is -2.25. The first kappa shape index (κ1) is 23.9. The number of aliphatic imine (C=N–C) groups is 1. The third kappa shape index (κ3) is 6.81. The fourth-order valence-electron chi connectivity index (χ4n) is 2.67. The van der Waals surface area contributed by atoms with E-state index in [1.165, 1.54) is 0 Å². The summed E-state index contributed by atoms with van der Waals surface area (Å²) in [6.45, 7) is 8.75. The fraction of sp³-hybridized carbons (Fsp3) is 0.450. The van der Waals surface area contributed by atoms with Gasteiger partial charge in [-0.3, -0.25) is 4.79 Å². The van der Waals surface area contributed by atoms with Crippen LogP contribution in [0.15, 0.2) is 46.0 Å². The predicted molar refractivity (Wildman–Crippen MR) is 123 cm³/mol. The Bertz CT molecular complexity index is 744. The molecule has 0 bridgehead atoms. The number of likely N-dealkylation sites (N-methyl/N-ethyl adjacent to an activating group) is 2. The van der Waals surface area contributed by atoms with Crippen molar-refractivity contribution in [2.45, 2.75) is 27.3 Å². The van der Waals surface area contributed by atoms with Gasteiger partial charge in [0, 0.05) is 32.2 Å². The predicted octanol–water partition coefficient (Wildman–Crippen LogP) is 3.23. The molecular weight excluding hydrogens is 469 g/mol. The molecule has 0 radical (unpaired) electrons. The van der Waals surface area contributed by atoms with E-state index in [1.54, 1.807) is 6.26 Å². The molecule has 0 aliphatic rings. The number of benzene rings is 1. The Morgan fingerprint density at radius 1 is 1.18 bits per heavy atom. The Balaban J connectivity index is 0.00000392. The van der Waals surface area contributed by atoms with Gasteiger partial charge >= 0.3 is 0 Å². The number of guanidine groups is 1. The molecule has 1 amide bonds. The Hall–Kier alpha value is -2.10. The van der Waals surface area contributed by atoms with E-state index in [4.69, 9.17) is 4.42 Å². The number of hydrogen-bond donors (Lipinski definition) is 1. The van der Waals surface area contributed by atoms with Gasteiger partial charge in [0.05, 0.1) is 13.1 Å². The van der Waals surface area contributed by atoms with Crippen molar-refractivity contribution in [1.82, 2.24) is 20.1 Å². The van der Waals surface area contributed by atoms with Crippen molar-refractivity contribution in [3.8, 4) is 11.5 Å². The van der Waals surface area contributed by atoms with Crippen LogP contribution >= 0.6 is 24.0 Å². The van der Waals surface area contributed by atoms with Crippen molar-refractivity contribution < 1.29 is 9.21 Å². The van der Waals surface area contributed by atoms with Crippen molar-refractivity contribution in [3.63, 3.8) is 0 Å². The number of nitrogens with one attached hydrogen (secondary N) is 1. The molecule has 0 atom stereocenters. The molecule has 0 saturated heterocycles. The number of nitrogens with zero attached hydrogens (tertiary/aromatic N) is 4. The molecule has 0 saturated carbocycles. The van der Waals surface area contributed by atoms with Gasteiger partial charge in [-0.1, -0.05) is 18.2 Å². The minimum Gasteiger partial charge on any atom is -0.444 e. The average molecular weight is 499 g/mol. The first-order valence-corrected chi connectivity index (χ1v) is 9.36. The van der Waals surface area contributed by atoms with Gasteiger partial charge in [-0.2, -0.15) is 0 Å². The van der Waals surface area contributed by atoms with Crippen LogP contribution in [-0.4, -0.2) is 59.9 Å². The lowest BCUT2D eigenvalue weighted by atomic mass is 10.2. The normalized spacial score (nSPS) is 10.9. The second-order valence-electron chi connectivity index (χ2n) is 6.10. The monoisotopic (exact) mass is 499 g/mol. The maximum absolute atomic E-state index is 12.3. The van der Waals surface area contributed by atoms with E-state index < -0.39 is 0 Å². The summed E-state index contributed by atoms with van der Waals surface area (Å²) in [5.41, 5.74) is 1.68. The zero-order valence-electron chi connectivity index (χ0n) is 17.0. The molecule has 1 aromatic heterocycles. The molecule has 154 valence electrons. The minimum absolute atomic E-state index is 0. The summed E-state index contributed by atoms with van der Waals surface area (Å²) in [5, 5.41) is 3.22. The van der Waals surface area contributed by atoms with Crippen LogP contribution in [0.25, 0.3) is 11.5 Å². The zero-order chi connectivity index (χ0) is 19.6. The summed E-state index contributed by atoms with van der Waals surface area (Å²) >= 11 is 0. The molecule has 1 heterocycles. The summed E-state index contributed by atoms with van der Waals surface area (Å²) in [6.07, 6.45) is 1.62. The van der Waals surface area contributed by atoms with Gasteiger partial charge in [-0.15, -0.1) is 24.0 Å². The smallest absolute Gasteiger partial charge is 0.242 e. The van der Waals surface area contributed by atoms with E-state index in [-0.39, 0.29) is 36.4 Å². The Morgan fingerprint density at radius 2 is 1.86 bits per heavy atom. The van der Waals surface area contributed by atoms with Crippen LogP contribution in [-0.2, 0) is 11.3 Å². The SMILES string of the molecule is CCNC(=NCc1coc(-c2ccccc2)n1)N(C)CC(=O)N(CC)CC.I. The van der Waals surface area contributed by atoms with Crippen LogP contribution in [0.5, 0.6) is 0 Å². The van der Waals surface area contributed by atoms with Crippen LogP contribution in [0, 0.1) is 0 Å². The van der Waals surface area contributed by atoms with E-state index in [9.17, 15) is 4.79 Å². The number of halogens is 1. The molecule has 2 rings (SSSR count). The van der Waals surface area contributed by atoms with Gasteiger partial charge in [-0.05, 0) is 32.9 Å². The Labute approximate surface area is 184 Å². The maximum atomic E-state index is 12.3. The largest absolute Gasteiger partial charge is 0.444 e. The first-order valence-electron chi connectivity index (χ1n) is 9.36. The fourth-order valence-corrected chi connectivity index (χ4v) is 2.67.